The summed E-state index contributed by atoms with van der Waals surface area (Å²) < 4.78 is 30.8. The molecular formula is C23H28F2N6O. The lowest BCUT2D eigenvalue weighted by molar-refractivity contribution is 0.0847. The van der Waals surface area contributed by atoms with Crippen LogP contribution in [0.1, 0.15) is 55.2 Å². The molecule has 1 aromatic carbocycles. The van der Waals surface area contributed by atoms with Crippen LogP contribution in [0, 0.1) is 5.82 Å². The van der Waals surface area contributed by atoms with Crippen LogP contribution in [0.5, 0.6) is 0 Å². The predicted molar refractivity (Wildman–Crippen MR) is 117 cm³/mol. The van der Waals surface area contributed by atoms with E-state index in [-0.39, 0.29) is 23.2 Å². The molecule has 2 fully saturated rings. The van der Waals surface area contributed by atoms with E-state index in [2.05, 4.69) is 25.5 Å². The van der Waals surface area contributed by atoms with Crippen LogP contribution in [-0.2, 0) is 13.6 Å². The number of nitrogens with one attached hydrogen (secondary N) is 2. The van der Waals surface area contributed by atoms with Gasteiger partial charge < -0.3 is 5.32 Å². The van der Waals surface area contributed by atoms with Crippen molar-refractivity contribution in [3.8, 4) is 11.1 Å². The number of hydrogen-bond donors (Lipinski definition) is 2. The van der Waals surface area contributed by atoms with E-state index >= 15 is 0 Å². The number of hydrogen-bond acceptors (Lipinski definition) is 4. The first-order chi connectivity index (χ1) is 15.3. The maximum Gasteiger partial charge on any atom is 0.270 e. The molecule has 0 radical (unpaired) electrons. The first kappa shape index (κ1) is 21.1. The topological polar surface area (TPSA) is 78.8 Å². The molecule has 2 N–H and O–H groups in total. The van der Waals surface area contributed by atoms with Crippen LogP contribution < -0.4 is 5.32 Å². The zero-order valence-corrected chi connectivity index (χ0v) is 18.4. The Morgan fingerprint density at radius 2 is 2.06 bits per heavy atom. The maximum atomic E-state index is 14.9. The largest absolute Gasteiger partial charge is 0.348 e. The molecule has 0 atom stereocenters. The number of carbonyl (C=O) groups is 1. The first-order valence-corrected chi connectivity index (χ1v) is 11.2. The molecule has 1 saturated carbocycles. The first-order valence-electron chi connectivity index (χ1n) is 11.2. The van der Waals surface area contributed by atoms with Crippen molar-refractivity contribution in [3.63, 3.8) is 0 Å². The van der Waals surface area contributed by atoms with Gasteiger partial charge in [-0.25, -0.2) is 8.78 Å². The van der Waals surface area contributed by atoms with Crippen LogP contribution in [0.25, 0.3) is 22.0 Å². The fourth-order valence-electron chi connectivity index (χ4n) is 4.67. The summed E-state index contributed by atoms with van der Waals surface area (Å²) >= 11 is 0. The summed E-state index contributed by atoms with van der Waals surface area (Å²) in [5.41, 5.74) is 1.71. The number of aryl methyl sites for hydroxylation is 1. The molecule has 3 heterocycles. The van der Waals surface area contributed by atoms with Gasteiger partial charge in [-0.1, -0.05) is 0 Å². The second-order valence-electron chi connectivity index (χ2n) is 9.37. The molecule has 5 rings (SSSR count). The van der Waals surface area contributed by atoms with Crippen LogP contribution in [0.2, 0.25) is 0 Å². The average molecular weight is 443 g/mol. The van der Waals surface area contributed by atoms with Gasteiger partial charge in [0.25, 0.3) is 5.91 Å². The fourth-order valence-corrected chi connectivity index (χ4v) is 4.67. The molecule has 0 bridgehead atoms. The van der Waals surface area contributed by atoms with Crippen LogP contribution in [-0.4, -0.2) is 55.6 Å². The number of carbonyl (C=O) groups excluding carboxylic acids is 1. The standard InChI is InChI=1S/C23H28F2N6O/c1-23(25)6-4-15(5-7-23)27-22(32)21-16-10-14(11-18(24)20(16)28-29-21)17-12-26-30(2)19(17)13-31-8-3-9-31/h10-12,15H,3-9,13H2,1-2H3,(H,27,32)(H,28,29). The Hall–Kier alpha value is -2.81. The summed E-state index contributed by atoms with van der Waals surface area (Å²) in [6, 6.07) is 3.15. The highest BCUT2D eigenvalue weighted by molar-refractivity contribution is 6.06. The Morgan fingerprint density at radius 1 is 1.31 bits per heavy atom. The van der Waals surface area contributed by atoms with Crippen molar-refractivity contribution in [1.29, 1.82) is 0 Å². The third-order valence-corrected chi connectivity index (χ3v) is 6.90. The van der Waals surface area contributed by atoms with Crippen molar-refractivity contribution < 1.29 is 13.6 Å². The Kier molecular flexibility index (Phi) is 5.23. The third-order valence-electron chi connectivity index (χ3n) is 6.90. The molecule has 1 aliphatic carbocycles. The average Bonchev–Trinajstić information content (AvgIpc) is 3.30. The van der Waals surface area contributed by atoms with Crippen LogP contribution in [0.15, 0.2) is 18.3 Å². The van der Waals surface area contributed by atoms with Crippen LogP contribution in [0.3, 0.4) is 0 Å². The number of alkyl halides is 1. The highest BCUT2D eigenvalue weighted by Gasteiger charge is 2.32. The monoisotopic (exact) mass is 442 g/mol. The smallest absolute Gasteiger partial charge is 0.270 e. The van der Waals surface area contributed by atoms with Crippen molar-refractivity contribution in [1.82, 2.24) is 30.2 Å². The number of amides is 1. The highest BCUT2D eigenvalue weighted by atomic mass is 19.1. The fraction of sp³-hybridized carbons (Fsp3) is 0.522. The minimum absolute atomic E-state index is 0.0980. The molecule has 2 aromatic heterocycles. The van der Waals surface area contributed by atoms with E-state index in [1.807, 2.05) is 11.7 Å². The van der Waals surface area contributed by atoms with Crippen molar-refractivity contribution in [3.05, 3.63) is 35.5 Å². The number of halogens is 2. The van der Waals surface area contributed by atoms with E-state index in [0.717, 1.165) is 30.9 Å². The van der Waals surface area contributed by atoms with Crippen molar-refractivity contribution >= 4 is 16.8 Å². The van der Waals surface area contributed by atoms with E-state index in [4.69, 9.17) is 0 Å². The summed E-state index contributed by atoms with van der Waals surface area (Å²) in [7, 11) is 1.89. The predicted octanol–water partition coefficient (Wildman–Crippen LogP) is 3.71. The Balaban J connectivity index is 1.44. The van der Waals surface area contributed by atoms with Gasteiger partial charge in [0.15, 0.2) is 5.82 Å². The van der Waals surface area contributed by atoms with Gasteiger partial charge in [-0.2, -0.15) is 10.2 Å². The molecule has 1 saturated heterocycles. The third kappa shape index (κ3) is 3.90. The van der Waals surface area contributed by atoms with Crippen molar-refractivity contribution in [2.24, 2.45) is 7.05 Å². The Labute approximate surface area is 185 Å². The number of benzene rings is 1. The summed E-state index contributed by atoms with van der Waals surface area (Å²) in [5, 5.41) is 14.5. The van der Waals surface area contributed by atoms with Gasteiger partial charge in [0, 0.05) is 30.6 Å². The van der Waals surface area contributed by atoms with Crippen LogP contribution in [0.4, 0.5) is 8.78 Å². The SMILES string of the molecule is Cn1ncc(-c2cc(F)c3n[nH]c(C(=O)NC4CCC(C)(F)CC4)c3c2)c1CN1CCC1. The van der Waals surface area contributed by atoms with Gasteiger partial charge in [0.2, 0.25) is 0 Å². The molecule has 1 amide bonds. The molecule has 170 valence electrons. The molecule has 9 heteroatoms. The second-order valence-corrected chi connectivity index (χ2v) is 9.37. The lowest BCUT2D eigenvalue weighted by Gasteiger charge is -2.31. The number of nitrogens with zero attached hydrogens (tertiary/aromatic N) is 4. The summed E-state index contributed by atoms with van der Waals surface area (Å²) in [4.78, 5) is 15.3. The summed E-state index contributed by atoms with van der Waals surface area (Å²) in [6.07, 6.45) is 4.93. The van der Waals surface area contributed by atoms with Gasteiger partial charge in [-0.05, 0) is 69.8 Å². The summed E-state index contributed by atoms with van der Waals surface area (Å²) in [5.74, 6) is -0.832. The molecule has 7 nitrogen and oxygen atoms in total. The second kappa shape index (κ2) is 7.95. The molecule has 0 spiro atoms. The van der Waals surface area contributed by atoms with Gasteiger partial charge in [0.05, 0.1) is 11.9 Å². The van der Waals surface area contributed by atoms with Crippen molar-refractivity contribution in [2.45, 2.75) is 57.3 Å². The number of aromatic nitrogens is 4. The Bertz CT molecular complexity index is 1150. The lowest BCUT2D eigenvalue weighted by atomic mass is 9.85. The number of likely N-dealkylation sites (tertiary alicyclic amines) is 1. The van der Waals surface area contributed by atoms with E-state index in [9.17, 15) is 13.6 Å². The molecule has 3 aromatic rings. The van der Waals surface area contributed by atoms with Gasteiger partial charge >= 0.3 is 0 Å². The van der Waals surface area contributed by atoms with Gasteiger partial charge in [0.1, 0.15) is 16.9 Å². The van der Waals surface area contributed by atoms with Crippen molar-refractivity contribution in [2.75, 3.05) is 13.1 Å². The van der Waals surface area contributed by atoms with E-state index in [1.165, 1.54) is 12.5 Å². The molecule has 32 heavy (non-hydrogen) atoms. The number of rotatable bonds is 5. The zero-order chi connectivity index (χ0) is 22.5. The summed E-state index contributed by atoms with van der Waals surface area (Å²) in [6.45, 7) is 4.45. The van der Waals surface area contributed by atoms with E-state index < -0.39 is 11.5 Å². The number of H-pyrrole nitrogens is 1. The van der Waals surface area contributed by atoms with E-state index in [1.54, 1.807) is 19.2 Å². The lowest BCUT2D eigenvalue weighted by Crippen LogP contribution is -2.40. The highest BCUT2D eigenvalue weighted by Crippen LogP contribution is 2.33. The van der Waals surface area contributed by atoms with Gasteiger partial charge in [-0.3, -0.25) is 19.5 Å². The normalized spacial score (nSPS) is 23.9. The number of fused-ring (bicyclic) bond motifs is 1. The van der Waals surface area contributed by atoms with E-state index in [0.29, 0.717) is 36.6 Å². The maximum absolute atomic E-state index is 14.9. The molecule has 0 unspecified atom stereocenters. The zero-order valence-electron chi connectivity index (χ0n) is 18.4. The minimum atomic E-state index is -1.17. The minimum Gasteiger partial charge on any atom is -0.348 e. The number of aromatic amines is 1. The van der Waals surface area contributed by atoms with Crippen LogP contribution >= 0.6 is 0 Å². The van der Waals surface area contributed by atoms with Gasteiger partial charge in [-0.15, -0.1) is 0 Å². The quantitative estimate of drug-likeness (QED) is 0.632. The molecule has 1 aliphatic heterocycles. The molecule has 2 aliphatic rings. The molecular weight excluding hydrogens is 414 g/mol. The Morgan fingerprint density at radius 3 is 2.75 bits per heavy atom.